The molecule has 6 heteroatoms. The molecule has 0 spiro atoms. The first kappa shape index (κ1) is 15.3. The highest BCUT2D eigenvalue weighted by Crippen LogP contribution is 2.32. The number of nitrogens with zero attached hydrogens (tertiary/aromatic N) is 2. The number of methoxy groups -OCH3 is 1. The Kier molecular flexibility index (Phi) is 4.70. The molecule has 0 radical (unpaired) electrons. The van der Waals surface area contributed by atoms with Crippen LogP contribution in [0.4, 0.5) is 0 Å². The molecule has 0 bridgehead atoms. The van der Waals surface area contributed by atoms with E-state index in [0.717, 1.165) is 14.8 Å². The van der Waals surface area contributed by atoms with E-state index >= 15 is 0 Å². The van der Waals surface area contributed by atoms with Crippen molar-refractivity contribution in [3.05, 3.63) is 32.6 Å². The maximum atomic E-state index is 9.63. The molecule has 0 saturated heterocycles. The summed E-state index contributed by atoms with van der Waals surface area (Å²) in [5.41, 5.74) is 1.66. The van der Waals surface area contributed by atoms with Crippen LogP contribution in [0.3, 0.4) is 0 Å². The molecule has 0 aliphatic heterocycles. The lowest BCUT2D eigenvalue weighted by Gasteiger charge is -2.11. The van der Waals surface area contributed by atoms with Crippen LogP contribution in [0, 0.1) is 3.57 Å². The summed E-state index contributed by atoms with van der Waals surface area (Å²) in [6.07, 6.45) is 0. The Labute approximate surface area is 136 Å². The quantitative estimate of drug-likeness (QED) is 0.614. The normalized spacial score (nSPS) is 10.9. The number of benzene rings is 1. The minimum atomic E-state index is 0.0805. The summed E-state index contributed by atoms with van der Waals surface area (Å²) in [4.78, 5) is 8.87. The van der Waals surface area contributed by atoms with Crippen molar-refractivity contribution in [2.75, 3.05) is 7.11 Å². The van der Waals surface area contributed by atoms with Gasteiger partial charge >= 0.3 is 0 Å². The number of halogens is 2. The largest absolute Gasteiger partial charge is 0.504 e. The predicted octanol–water partition coefficient (Wildman–Crippen LogP) is 4.24. The van der Waals surface area contributed by atoms with Gasteiger partial charge in [0.15, 0.2) is 17.3 Å². The molecule has 0 unspecified atom stereocenters. The van der Waals surface area contributed by atoms with Gasteiger partial charge in [-0.25, -0.2) is 9.97 Å². The van der Waals surface area contributed by atoms with Crippen molar-refractivity contribution in [3.8, 4) is 22.9 Å². The maximum absolute atomic E-state index is 9.63. The van der Waals surface area contributed by atoms with E-state index in [0.29, 0.717) is 16.7 Å². The summed E-state index contributed by atoms with van der Waals surface area (Å²) in [5, 5.41) is 10.1. The Balaban J connectivity index is 2.58. The van der Waals surface area contributed by atoms with Crippen LogP contribution in [-0.4, -0.2) is 22.2 Å². The molecule has 0 atom stereocenters. The lowest BCUT2D eigenvalue weighted by molar-refractivity contribution is 0.373. The molecule has 0 aliphatic carbocycles. The minimum absolute atomic E-state index is 0.0805. The molecular weight excluding hydrogens is 391 g/mol. The zero-order valence-corrected chi connectivity index (χ0v) is 14.2. The Bertz CT molecular complexity index is 647. The molecule has 1 heterocycles. The third-order valence-electron chi connectivity index (χ3n) is 2.82. The van der Waals surface area contributed by atoms with Crippen molar-refractivity contribution < 1.29 is 9.84 Å². The summed E-state index contributed by atoms with van der Waals surface area (Å²) in [6.45, 7) is 4.12. The highest BCUT2D eigenvalue weighted by Gasteiger charge is 2.15. The fourth-order valence-electron chi connectivity index (χ4n) is 1.76. The van der Waals surface area contributed by atoms with E-state index in [2.05, 4.69) is 46.4 Å². The number of phenolic OH excluding ortho intramolecular Hbond substituents is 1. The minimum Gasteiger partial charge on any atom is -0.504 e. The summed E-state index contributed by atoms with van der Waals surface area (Å²) in [7, 11) is 1.50. The highest BCUT2D eigenvalue weighted by molar-refractivity contribution is 14.1. The fourth-order valence-corrected chi connectivity index (χ4v) is 2.81. The van der Waals surface area contributed by atoms with Gasteiger partial charge in [0, 0.05) is 5.56 Å². The molecule has 0 fully saturated rings. The Morgan fingerprint density at radius 2 is 2.00 bits per heavy atom. The number of ether oxygens (including phenoxy) is 1. The second kappa shape index (κ2) is 6.13. The van der Waals surface area contributed by atoms with Crippen LogP contribution in [0.1, 0.15) is 25.5 Å². The topological polar surface area (TPSA) is 55.2 Å². The van der Waals surface area contributed by atoms with Crippen LogP contribution in [0.15, 0.2) is 18.2 Å². The zero-order chi connectivity index (χ0) is 14.9. The van der Waals surface area contributed by atoms with E-state index in [1.807, 2.05) is 0 Å². The fraction of sp³-hybridized carbons (Fsp3) is 0.286. The summed E-state index contributed by atoms with van der Waals surface area (Å²) < 4.78 is 5.97. The lowest BCUT2D eigenvalue weighted by Crippen LogP contribution is -2.02. The van der Waals surface area contributed by atoms with Gasteiger partial charge in [-0.15, -0.1) is 0 Å². The van der Waals surface area contributed by atoms with Crippen molar-refractivity contribution in [2.24, 2.45) is 0 Å². The third kappa shape index (κ3) is 2.98. The van der Waals surface area contributed by atoms with Gasteiger partial charge in [0.05, 0.1) is 16.4 Å². The van der Waals surface area contributed by atoms with Crippen LogP contribution in [0.25, 0.3) is 11.4 Å². The van der Waals surface area contributed by atoms with Crippen molar-refractivity contribution in [3.63, 3.8) is 0 Å². The van der Waals surface area contributed by atoms with E-state index in [9.17, 15) is 5.11 Å². The van der Waals surface area contributed by atoms with Gasteiger partial charge in [0.2, 0.25) is 0 Å². The van der Waals surface area contributed by atoms with Crippen LogP contribution >= 0.6 is 34.2 Å². The number of hydrogen-bond donors (Lipinski definition) is 1. The average molecular weight is 405 g/mol. The standard InChI is InChI=1S/C14H14ClIN2O2/c1-7(2)12-11(16)13(15)18-14(17-12)8-4-5-9(19)10(6-8)20-3/h4-7,19H,1-3H3. The Morgan fingerprint density at radius 3 is 2.60 bits per heavy atom. The van der Waals surface area contributed by atoms with E-state index < -0.39 is 0 Å². The first-order valence-corrected chi connectivity index (χ1v) is 7.50. The third-order valence-corrected chi connectivity index (χ3v) is 4.48. The van der Waals surface area contributed by atoms with E-state index in [1.54, 1.807) is 18.2 Å². The molecule has 2 rings (SSSR count). The number of rotatable bonds is 3. The van der Waals surface area contributed by atoms with Crippen LogP contribution in [0.2, 0.25) is 5.15 Å². The number of hydrogen-bond acceptors (Lipinski definition) is 4. The van der Waals surface area contributed by atoms with Crippen LogP contribution in [0.5, 0.6) is 11.5 Å². The average Bonchev–Trinajstić information content (AvgIpc) is 2.42. The van der Waals surface area contributed by atoms with Crippen molar-refractivity contribution in [2.45, 2.75) is 19.8 Å². The number of phenols is 1. The van der Waals surface area contributed by atoms with E-state index in [-0.39, 0.29) is 11.7 Å². The van der Waals surface area contributed by atoms with Crippen LogP contribution < -0.4 is 4.74 Å². The highest BCUT2D eigenvalue weighted by atomic mass is 127. The van der Waals surface area contributed by atoms with Gasteiger partial charge in [-0.05, 0) is 46.7 Å². The molecule has 106 valence electrons. The van der Waals surface area contributed by atoms with Crippen LogP contribution in [-0.2, 0) is 0 Å². The van der Waals surface area contributed by atoms with E-state index in [4.69, 9.17) is 16.3 Å². The molecule has 0 aliphatic rings. The molecule has 0 saturated carbocycles. The monoisotopic (exact) mass is 404 g/mol. The maximum Gasteiger partial charge on any atom is 0.161 e. The summed E-state index contributed by atoms with van der Waals surface area (Å²) in [6, 6.07) is 4.98. The lowest BCUT2D eigenvalue weighted by atomic mass is 10.1. The zero-order valence-electron chi connectivity index (χ0n) is 11.3. The van der Waals surface area contributed by atoms with Crippen molar-refractivity contribution in [1.29, 1.82) is 0 Å². The SMILES string of the molecule is COc1cc(-c2nc(Cl)c(I)c(C(C)C)n2)ccc1O. The van der Waals surface area contributed by atoms with Crippen molar-refractivity contribution in [1.82, 2.24) is 9.97 Å². The van der Waals surface area contributed by atoms with Gasteiger partial charge in [-0.3, -0.25) is 0 Å². The molecule has 2 aromatic rings. The molecule has 1 N–H and O–H groups in total. The molecule has 1 aromatic carbocycles. The first-order valence-electron chi connectivity index (χ1n) is 6.04. The van der Waals surface area contributed by atoms with Gasteiger partial charge < -0.3 is 9.84 Å². The molecule has 20 heavy (non-hydrogen) atoms. The first-order chi connectivity index (χ1) is 9.43. The summed E-state index contributed by atoms with van der Waals surface area (Å²) in [5.74, 6) is 1.24. The van der Waals surface area contributed by atoms with Crippen molar-refractivity contribution >= 4 is 34.2 Å². The van der Waals surface area contributed by atoms with Gasteiger partial charge in [0.25, 0.3) is 0 Å². The molecule has 4 nitrogen and oxygen atoms in total. The summed E-state index contributed by atoms with van der Waals surface area (Å²) >= 11 is 8.33. The van der Waals surface area contributed by atoms with Gasteiger partial charge in [0.1, 0.15) is 5.15 Å². The molecule has 1 aromatic heterocycles. The molecule has 0 amide bonds. The van der Waals surface area contributed by atoms with Gasteiger partial charge in [-0.2, -0.15) is 0 Å². The second-order valence-electron chi connectivity index (χ2n) is 4.58. The number of aromatic nitrogens is 2. The van der Waals surface area contributed by atoms with Gasteiger partial charge in [-0.1, -0.05) is 25.4 Å². The Morgan fingerprint density at radius 1 is 1.30 bits per heavy atom. The number of aromatic hydroxyl groups is 1. The smallest absolute Gasteiger partial charge is 0.161 e. The Hall–Kier alpha value is -1.08. The van der Waals surface area contributed by atoms with E-state index in [1.165, 1.54) is 7.11 Å². The predicted molar refractivity (Wildman–Crippen MR) is 87.5 cm³/mol. The second-order valence-corrected chi connectivity index (χ2v) is 6.02. The molecular formula is C14H14ClIN2O2.